The van der Waals surface area contributed by atoms with E-state index in [4.69, 9.17) is 14.2 Å². The molecule has 0 aromatic carbocycles. The predicted octanol–water partition coefficient (Wildman–Crippen LogP) is 21.4. The van der Waals surface area contributed by atoms with E-state index in [1.165, 1.54) is 250 Å². The maximum atomic E-state index is 12.9. The predicted molar refractivity (Wildman–Crippen MR) is 307 cm³/mol. The fraction of sp³-hybridized carbons (Fsp3) is 0.892. The second-order valence-electron chi connectivity index (χ2n) is 21.7. The van der Waals surface area contributed by atoms with E-state index in [1.807, 2.05) is 0 Å². The van der Waals surface area contributed by atoms with E-state index in [2.05, 4.69) is 45.1 Å². The smallest absolute Gasteiger partial charge is 0.306 e. The van der Waals surface area contributed by atoms with Gasteiger partial charge >= 0.3 is 17.9 Å². The lowest BCUT2D eigenvalue weighted by Crippen LogP contribution is -2.30. The highest BCUT2D eigenvalue weighted by Gasteiger charge is 2.19. The first-order valence-electron chi connectivity index (χ1n) is 31.8. The number of carbonyl (C=O) groups excluding carboxylic acids is 3. The first kappa shape index (κ1) is 68.9. The molecule has 0 aliphatic heterocycles. The van der Waals surface area contributed by atoms with Gasteiger partial charge in [-0.05, 0) is 51.4 Å². The Morgan fingerprint density at radius 3 is 0.803 bits per heavy atom. The van der Waals surface area contributed by atoms with Crippen molar-refractivity contribution in [1.29, 1.82) is 0 Å². The minimum atomic E-state index is -0.768. The number of allylic oxidation sites excluding steroid dienone is 4. The molecule has 0 aliphatic rings. The molecule has 0 heterocycles. The average molecular weight is 1000 g/mol. The SMILES string of the molecule is CCCCC/C=C\C/C=C\CCCCCCCCCCCC(=O)OC[C@H](COC(=O)CCCCCCCCCCCCCCCCCCCCC)OC(=O)CCCCCCCCCCCCCCCCC. The Labute approximate surface area is 443 Å². The molecule has 0 saturated carbocycles. The molecule has 0 spiro atoms. The Hall–Kier alpha value is -2.11. The summed E-state index contributed by atoms with van der Waals surface area (Å²) in [6.07, 6.45) is 71.7. The zero-order valence-corrected chi connectivity index (χ0v) is 48.0. The Bertz CT molecular complexity index is 1150. The summed E-state index contributed by atoms with van der Waals surface area (Å²) in [7, 11) is 0. The van der Waals surface area contributed by atoms with Crippen molar-refractivity contribution in [3.05, 3.63) is 24.3 Å². The third-order valence-corrected chi connectivity index (χ3v) is 14.5. The molecule has 6 nitrogen and oxygen atoms in total. The number of unbranched alkanes of at least 4 members (excludes halogenated alkanes) is 44. The first-order chi connectivity index (χ1) is 35.0. The molecule has 0 saturated heterocycles. The van der Waals surface area contributed by atoms with Gasteiger partial charge in [0, 0.05) is 19.3 Å². The van der Waals surface area contributed by atoms with E-state index in [0.29, 0.717) is 19.3 Å². The largest absolute Gasteiger partial charge is 0.462 e. The standard InChI is InChI=1S/C65H122O6/c1-4-7-10-13-16-19-22-25-28-30-32-34-37-39-42-45-48-51-54-57-63(66)69-60-62(71-65(68)59-56-53-50-47-44-41-36-27-24-21-18-15-12-9-6-3)61-70-64(67)58-55-52-49-46-43-40-38-35-33-31-29-26-23-20-17-14-11-8-5-2/h16,19,25,28,62H,4-15,17-18,20-24,26-27,29-61H2,1-3H3/b19-16-,28-25-/t62-/m1/s1. The molecule has 0 aromatic rings. The van der Waals surface area contributed by atoms with E-state index < -0.39 is 6.10 Å². The van der Waals surface area contributed by atoms with Gasteiger partial charge in [-0.15, -0.1) is 0 Å². The normalized spacial score (nSPS) is 12.1. The molecule has 0 fully saturated rings. The molecule has 71 heavy (non-hydrogen) atoms. The molecule has 0 radical (unpaired) electrons. The van der Waals surface area contributed by atoms with Crippen molar-refractivity contribution in [2.24, 2.45) is 0 Å². The van der Waals surface area contributed by atoms with Crippen molar-refractivity contribution in [3.63, 3.8) is 0 Å². The van der Waals surface area contributed by atoms with Gasteiger partial charge in [0.15, 0.2) is 6.10 Å². The highest BCUT2D eigenvalue weighted by molar-refractivity contribution is 5.71. The van der Waals surface area contributed by atoms with E-state index in [1.54, 1.807) is 0 Å². The lowest BCUT2D eigenvalue weighted by atomic mass is 10.0. The van der Waals surface area contributed by atoms with Gasteiger partial charge < -0.3 is 14.2 Å². The summed E-state index contributed by atoms with van der Waals surface area (Å²) < 4.78 is 16.9. The lowest BCUT2D eigenvalue weighted by molar-refractivity contribution is -0.167. The molecule has 1 atom stereocenters. The van der Waals surface area contributed by atoms with Crippen molar-refractivity contribution < 1.29 is 28.6 Å². The number of ether oxygens (including phenoxy) is 3. The second kappa shape index (κ2) is 60.4. The summed E-state index contributed by atoms with van der Waals surface area (Å²) >= 11 is 0. The van der Waals surface area contributed by atoms with E-state index in [-0.39, 0.29) is 31.1 Å². The minimum Gasteiger partial charge on any atom is -0.462 e. The summed E-state index contributed by atoms with van der Waals surface area (Å²) in [5, 5.41) is 0. The quantitative estimate of drug-likeness (QED) is 0.0261. The molecule has 6 heteroatoms. The van der Waals surface area contributed by atoms with Crippen LogP contribution in [0.1, 0.15) is 355 Å². The van der Waals surface area contributed by atoms with Crippen LogP contribution in [-0.4, -0.2) is 37.2 Å². The van der Waals surface area contributed by atoms with Crippen molar-refractivity contribution in [2.75, 3.05) is 13.2 Å². The molecule has 0 amide bonds. The minimum absolute atomic E-state index is 0.0661. The number of rotatable bonds is 59. The van der Waals surface area contributed by atoms with E-state index >= 15 is 0 Å². The van der Waals surface area contributed by atoms with Gasteiger partial charge in [-0.1, -0.05) is 308 Å². The summed E-state index contributed by atoms with van der Waals surface area (Å²) in [6, 6.07) is 0. The summed E-state index contributed by atoms with van der Waals surface area (Å²) in [6.45, 7) is 6.68. The highest BCUT2D eigenvalue weighted by Crippen LogP contribution is 2.18. The van der Waals surface area contributed by atoms with Gasteiger partial charge in [0.1, 0.15) is 13.2 Å². The van der Waals surface area contributed by atoms with E-state index in [9.17, 15) is 14.4 Å². The molecule has 0 unspecified atom stereocenters. The van der Waals surface area contributed by atoms with Gasteiger partial charge in [-0.2, -0.15) is 0 Å². The van der Waals surface area contributed by atoms with Crippen LogP contribution in [0.2, 0.25) is 0 Å². The third kappa shape index (κ3) is 58.7. The van der Waals surface area contributed by atoms with Crippen LogP contribution in [-0.2, 0) is 28.6 Å². The molecule has 0 rings (SSSR count). The topological polar surface area (TPSA) is 78.9 Å². The zero-order chi connectivity index (χ0) is 51.4. The van der Waals surface area contributed by atoms with Gasteiger partial charge in [-0.25, -0.2) is 0 Å². The Kier molecular flexibility index (Phi) is 58.6. The number of esters is 3. The van der Waals surface area contributed by atoms with Crippen molar-refractivity contribution in [1.82, 2.24) is 0 Å². The van der Waals surface area contributed by atoms with Crippen LogP contribution in [0.15, 0.2) is 24.3 Å². The fourth-order valence-electron chi connectivity index (χ4n) is 9.65. The van der Waals surface area contributed by atoms with Crippen LogP contribution in [0.25, 0.3) is 0 Å². The highest BCUT2D eigenvalue weighted by atomic mass is 16.6. The van der Waals surface area contributed by atoms with Crippen LogP contribution in [0.5, 0.6) is 0 Å². The molecular weight excluding hydrogens is 877 g/mol. The average Bonchev–Trinajstić information content (AvgIpc) is 3.37. The van der Waals surface area contributed by atoms with Crippen LogP contribution in [0.3, 0.4) is 0 Å². The first-order valence-corrected chi connectivity index (χ1v) is 31.8. The van der Waals surface area contributed by atoms with Gasteiger partial charge in [0.05, 0.1) is 0 Å². The summed E-state index contributed by atoms with van der Waals surface area (Å²) in [4.78, 5) is 38.3. The molecule has 0 N–H and O–H groups in total. The zero-order valence-electron chi connectivity index (χ0n) is 48.0. The Morgan fingerprint density at radius 1 is 0.282 bits per heavy atom. The Morgan fingerprint density at radius 2 is 0.507 bits per heavy atom. The van der Waals surface area contributed by atoms with Crippen molar-refractivity contribution >= 4 is 17.9 Å². The summed E-state index contributed by atoms with van der Waals surface area (Å²) in [5.74, 6) is -0.842. The number of hydrogen-bond acceptors (Lipinski definition) is 6. The van der Waals surface area contributed by atoms with E-state index in [0.717, 1.165) is 64.2 Å². The third-order valence-electron chi connectivity index (χ3n) is 14.5. The van der Waals surface area contributed by atoms with Crippen LogP contribution < -0.4 is 0 Å². The molecule has 0 aromatic heterocycles. The van der Waals surface area contributed by atoms with Gasteiger partial charge in [0.25, 0.3) is 0 Å². The van der Waals surface area contributed by atoms with Gasteiger partial charge in [-0.3, -0.25) is 14.4 Å². The van der Waals surface area contributed by atoms with Crippen LogP contribution >= 0.6 is 0 Å². The van der Waals surface area contributed by atoms with Crippen molar-refractivity contribution in [3.8, 4) is 0 Å². The number of hydrogen-bond donors (Lipinski definition) is 0. The molecular formula is C65H122O6. The molecule has 0 aliphatic carbocycles. The maximum absolute atomic E-state index is 12.9. The molecule has 0 bridgehead atoms. The maximum Gasteiger partial charge on any atom is 0.306 e. The van der Waals surface area contributed by atoms with Crippen LogP contribution in [0, 0.1) is 0 Å². The number of carbonyl (C=O) groups is 3. The van der Waals surface area contributed by atoms with Crippen LogP contribution in [0.4, 0.5) is 0 Å². The Balaban J connectivity index is 4.30. The lowest BCUT2D eigenvalue weighted by Gasteiger charge is -2.18. The fourth-order valence-corrected chi connectivity index (χ4v) is 9.65. The van der Waals surface area contributed by atoms with Crippen molar-refractivity contribution in [2.45, 2.75) is 361 Å². The monoisotopic (exact) mass is 999 g/mol. The summed E-state index contributed by atoms with van der Waals surface area (Å²) in [5.41, 5.74) is 0. The second-order valence-corrected chi connectivity index (χ2v) is 21.7. The molecule has 418 valence electrons. The van der Waals surface area contributed by atoms with Gasteiger partial charge in [0.2, 0.25) is 0 Å².